The third-order valence-electron chi connectivity index (χ3n) is 6.35. The Labute approximate surface area is 205 Å². The first kappa shape index (κ1) is 23.8. The summed E-state index contributed by atoms with van der Waals surface area (Å²) in [7, 11) is -4.17. The maximum atomic E-state index is 15.6. The van der Waals surface area contributed by atoms with Gasteiger partial charge in [0.25, 0.3) is 0 Å². The lowest BCUT2D eigenvalue weighted by molar-refractivity contribution is 0.453. The van der Waals surface area contributed by atoms with Gasteiger partial charge in [-0.2, -0.15) is 5.26 Å². The molecule has 0 amide bonds. The molecular formula is C28H19F4N2OP. The highest BCUT2D eigenvalue weighted by atomic mass is 31.2. The number of aryl methyl sites for hydroxylation is 3. The molecule has 4 aromatic rings. The van der Waals surface area contributed by atoms with Gasteiger partial charge >= 0.3 is 0 Å². The number of hydrogen-bond acceptors (Lipinski definition) is 2. The molecule has 0 radical (unpaired) electrons. The van der Waals surface area contributed by atoms with Crippen molar-refractivity contribution in [3.05, 3.63) is 106 Å². The molecule has 1 aliphatic heterocycles. The number of benzene rings is 4. The van der Waals surface area contributed by atoms with Crippen LogP contribution in [-0.2, 0) is 4.57 Å². The second-order valence-electron chi connectivity index (χ2n) is 8.86. The lowest BCUT2D eigenvalue weighted by Crippen LogP contribution is -2.35. The van der Waals surface area contributed by atoms with Crippen molar-refractivity contribution in [1.29, 1.82) is 5.26 Å². The van der Waals surface area contributed by atoms with E-state index in [4.69, 9.17) is 5.26 Å². The predicted octanol–water partition coefficient (Wildman–Crippen LogP) is 7.09. The van der Waals surface area contributed by atoms with Crippen LogP contribution < -0.4 is 15.3 Å². The van der Waals surface area contributed by atoms with Crippen molar-refractivity contribution in [2.45, 2.75) is 20.8 Å². The van der Waals surface area contributed by atoms with Gasteiger partial charge in [0, 0.05) is 16.2 Å². The SMILES string of the molecule is Cc1cccc(P2(=O)c3cc(C)ccc3-c3ccc(C)cc3N2c2c(F)c(F)c(C#N)c(F)c2F)c1. The van der Waals surface area contributed by atoms with Gasteiger partial charge in [0.1, 0.15) is 17.3 Å². The van der Waals surface area contributed by atoms with Crippen molar-refractivity contribution in [1.82, 2.24) is 0 Å². The van der Waals surface area contributed by atoms with E-state index >= 15 is 13.3 Å². The first-order valence-corrected chi connectivity index (χ1v) is 12.7. The number of halogens is 4. The first-order valence-electron chi connectivity index (χ1n) is 11.1. The Hall–Kier alpha value is -3.88. The molecule has 1 heterocycles. The van der Waals surface area contributed by atoms with E-state index in [9.17, 15) is 8.78 Å². The van der Waals surface area contributed by atoms with E-state index in [1.807, 2.05) is 6.07 Å². The molecule has 1 aliphatic rings. The zero-order valence-corrected chi connectivity index (χ0v) is 20.4. The Morgan fingerprint density at radius 2 is 1.33 bits per heavy atom. The van der Waals surface area contributed by atoms with Crippen LogP contribution in [0.3, 0.4) is 0 Å². The van der Waals surface area contributed by atoms with Crippen molar-refractivity contribution in [3.63, 3.8) is 0 Å². The molecule has 0 N–H and O–H groups in total. The van der Waals surface area contributed by atoms with Crippen LogP contribution in [0.15, 0.2) is 60.7 Å². The smallest absolute Gasteiger partial charge is 0.234 e. The summed E-state index contributed by atoms with van der Waals surface area (Å²) in [5.74, 6) is -7.26. The molecule has 4 aromatic carbocycles. The van der Waals surface area contributed by atoms with Gasteiger partial charge in [0.05, 0.1) is 5.69 Å². The van der Waals surface area contributed by atoms with E-state index in [0.29, 0.717) is 16.7 Å². The van der Waals surface area contributed by atoms with Crippen molar-refractivity contribution in [2.75, 3.05) is 4.67 Å². The summed E-state index contributed by atoms with van der Waals surface area (Å²) in [4.78, 5) is 0. The molecule has 0 bridgehead atoms. The minimum Gasteiger partial charge on any atom is -0.289 e. The average Bonchev–Trinajstić information content (AvgIpc) is 2.85. The van der Waals surface area contributed by atoms with E-state index < -0.39 is 41.8 Å². The van der Waals surface area contributed by atoms with Gasteiger partial charge in [0.15, 0.2) is 23.3 Å². The molecule has 0 aliphatic carbocycles. The van der Waals surface area contributed by atoms with Crippen LogP contribution >= 0.6 is 7.29 Å². The molecule has 0 aromatic heterocycles. The van der Waals surface area contributed by atoms with Gasteiger partial charge in [-0.1, -0.05) is 47.5 Å². The van der Waals surface area contributed by atoms with Gasteiger partial charge < -0.3 is 0 Å². The maximum absolute atomic E-state index is 15.6. The number of rotatable bonds is 2. The monoisotopic (exact) mass is 506 g/mol. The summed E-state index contributed by atoms with van der Waals surface area (Å²) < 4.78 is 77.1. The highest BCUT2D eigenvalue weighted by Crippen LogP contribution is 2.62. The van der Waals surface area contributed by atoms with E-state index in [2.05, 4.69) is 0 Å². The summed E-state index contributed by atoms with van der Waals surface area (Å²) in [5.41, 5.74) is 0.869. The van der Waals surface area contributed by atoms with Crippen molar-refractivity contribution in [2.24, 2.45) is 0 Å². The first-order chi connectivity index (χ1) is 17.1. The largest absolute Gasteiger partial charge is 0.289 e. The zero-order chi connectivity index (χ0) is 25.9. The summed E-state index contributed by atoms with van der Waals surface area (Å²) in [6, 6.07) is 18.2. The molecule has 5 rings (SSSR count). The quantitative estimate of drug-likeness (QED) is 0.166. The Kier molecular flexibility index (Phi) is 5.54. The molecule has 1 unspecified atom stereocenters. The highest BCUT2D eigenvalue weighted by Gasteiger charge is 2.46. The van der Waals surface area contributed by atoms with Gasteiger partial charge in [-0.05, 0) is 56.2 Å². The predicted molar refractivity (Wildman–Crippen MR) is 133 cm³/mol. The van der Waals surface area contributed by atoms with Gasteiger partial charge in [-0.15, -0.1) is 0 Å². The van der Waals surface area contributed by atoms with Crippen molar-refractivity contribution < 1.29 is 22.1 Å². The number of anilines is 2. The third kappa shape index (κ3) is 3.29. The zero-order valence-electron chi connectivity index (χ0n) is 19.5. The molecule has 0 spiro atoms. The molecular weight excluding hydrogens is 487 g/mol. The van der Waals surface area contributed by atoms with E-state index in [0.717, 1.165) is 15.8 Å². The molecule has 3 nitrogen and oxygen atoms in total. The second kappa shape index (κ2) is 8.36. The normalized spacial score (nSPS) is 16.3. The summed E-state index contributed by atoms with van der Waals surface area (Å²) in [6.07, 6.45) is 0. The fourth-order valence-corrected chi connectivity index (χ4v) is 7.88. The third-order valence-corrected chi connectivity index (χ3v) is 9.33. The highest BCUT2D eigenvalue weighted by molar-refractivity contribution is 7.80. The van der Waals surface area contributed by atoms with Gasteiger partial charge in [-0.3, -0.25) is 9.24 Å². The fraction of sp³-hybridized carbons (Fsp3) is 0.107. The van der Waals surface area contributed by atoms with Crippen LogP contribution in [0.4, 0.5) is 28.9 Å². The molecule has 0 fully saturated rings. The van der Waals surface area contributed by atoms with Gasteiger partial charge in [0.2, 0.25) is 7.29 Å². The number of nitrogens with zero attached hydrogens (tertiary/aromatic N) is 2. The van der Waals surface area contributed by atoms with E-state index in [1.54, 1.807) is 75.4 Å². The van der Waals surface area contributed by atoms with E-state index in [-0.39, 0.29) is 16.3 Å². The Morgan fingerprint density at radius 1 is 0.750 bits per heavy atom. The van der Waals surface area contributed by atoms with Crippen LogP contribution in [0, 0.1) is 55.4 Å². The van der Waals surface area contributed by atoms with Gasteiger partial charge in [-0.25, -0.2) is 17.6 Å². The van der Waals surface area contributed by atoms with Crippen LogP contribution in [0.1, 0.15) is 22.3 Å². The van der Waals surface area contributed by atoms with Crippen LogP contribution in [0.25, 0.3) is 11.1 Å². The van der Waals surface area contributed by atoms with Crippen molar-refractivity contribution >= 4 is 29.3 Å². The van der Waals surface area contributed by atoms with Crippen molar-refractivity contribution in [3.8, 4) is 17.2 Å². The lowest BCUT2D eigenvalue weighted by atomic mass is 9.99. The molecule has 0 saturated carbocycles. The Morgan fingerprint density at radius 3 is 1.94 bits per heavy atom. The number of fused-ring (bicyclic) bond motifs is 3. The Balaban J connectivity index is 2.01. The topological polar surface area (TPSA) is 44.1 Å². The number of hydrogen-bond donors (Lipinski definition) is 0. The molecule has 180 valence electrons. The average molecular weight is 506 g/mol. The molecule has 0 saturated heterocycles. The summed E-state index contributed by atoms with van der Waals surface area (Å²) in [5, 5.41) is 9.61. The Bertz CT molecular complexity index is 1650. The van der Waals surface area contributed by atoms with Crippen LogP contribution in [0.5, 0.6) is 0 Å². The van der Waals surface area contributed by atoms with Crippen LogP contribution in [0.2, 0.25) is 0 Å². The number of nitriles is 1. The fourth-order valence-electron chi connectivity index (χ4n) is 4.66. The maximum Gasteiger partial charge on any atom is 0.234 e. The summed E-state index contributed by atoms with van der Waals surface area (Å²) in [6.45, 7) is 5.31. The van der Waals surface area contributed by atoms with E-state index in [1.165, 1.54) is 6.07 Å². The molecule has 36 heavy (non-hydrogen) atoms. The minimum absolute atomic E-state index is 0.137. The molecule has 8 heteroatoms. The molecule has 1 atom stereocenters. The lowest BCUT2D eigenvalue weighted by Gasteiger charge is -2.40. The minimum atomic E-state index is -4.17. The van der Waals surface area contributed by atoms with Crippen LogP contribution in [-0.4, -0.2) is 0 Å². The standard InChI is InChI=1S/C28H19F4N2OP/c1-15-5-4-6-18(11-15)36(35)23-13-17(3)8-10-20(23)19-9-7-16(2)12-22(19)34(36)28-26(31)24(29)21(14-33)25(30)27(28)32/h4-13H,1-3H3. The second-order valence-corrected chi connectivity index (χ2v) is 11.4. The summed E-state index contributed by atoms with van der Waals surface area (Å²) >= 11 is 0.